The highest BCUT2D eigenvalue weighted by atomic mass is 16.3. The van der Waals surface area contributed by atoms with Crippen LogP contribution in [0.2, 0.25) is 0 Å². The van der Waals surface area contributed by atoms with Crippen molar-refractivity contribution >= 4 is 17.4 Å². The monoisotopic (exact) mass is 285 g/mol. The van der Waals surface area contributed by atoms with Gasteiger partial charge in [0.05, 0.1) is 18.4 Å². The van der Waals surface area contributed by atoms with Gasteiger partial charge in [-0.25, -0.2) is 0 Å². The predicted octanol–water partition coefficient (Wildman–Crippen LogP) is 2.03. The van der Waals surface area contributed by atoms with E-state index < -0.39 is 17.3 Å². The minimum Gasteiger partial charge on any atom is -0.461 e. The van der Waals surface area contributed by atoms with Crippen molar-refractivity contribution in [3.63, 3.8) is 0 Å². The van der Waals surface area contributed by atoms with Gasteiger partial charge in [-0.15, -0.1) is 0 Å². The molecule has 1 unspecified atom stereocenters. The number of aliphatic hydroxyl groups is 1. The second kappa shape index (κ2) is 4.56. The highest BCUT2D eigenvalue weighted by Gasteiger charge is 2.50. The molecule has 0 fully saturated rings. The molecule has 0 spiro atoms. The van der Waals surface area contributed by atoms with Crippen LogP contribution in [-0.2, 0) is 10.4 Å². The number of fused-ring (bicyclic) bond motifs is 1. The lowest BCUT2D eigenvalue weighted by Gasteiger charge is -2.20. The number of carbonyl (C=O) groups is 2. The van der Waals surface area contributed by atoms with Crippen LogP contribution in [0.4, 0.5) is 5.69 Å². The van der Waals surface area contributed by atoms with E-state index >= 15 is 0 Å². The molecule has 1 aliphatic heterocycles. The third kappa shape index (κ3) is 1.89. The van der Waals surface area contributed by atoms with Gasteiger partial charge in [0.25, 0.3) is 5.91 Å². The molecule has 1 atom stereocenters. The Kier molecular flexibility index (Phi) is 2.95. The molecule has 1 aromatic heterocycles. The summed E-state index contributed by atoms with van der Waals surface area (Å²) in [5.41, 5.74) is 0.178. The lowest BCUT2D eigenvalue weighted by molar-refractivity contribution is -0.135. The smallest absolute Gasteiger partial charge is 0.263 e. The highest BCUT2D eigenvalue weighted by molar-refractivity contribution is 6.10. The zero-order valence-corrected chi connectivity index (χ0v) is 11.8. The Labute approximate surface area is 121 Å². The molecule has 3 rings (SSSR count). The summed E-state index contributed by atoms with van der Waals surface area (Å²) < 4.78 is 5.04. The number of amides is 1. The minimum absolute atomic E-state index is 0.139. The van der Waals surface area contributed by atoms with Gasteiger partial charge in [-0.05, 0) is 24.6 Å². The maximum atomic E-state index is 12.4. The van der Waals surface area contributed by atoms with Gasteiger partial charge in [0.1, 0.15) is 0 Å². The summed E-state index contributed by atoms with van der Waals surface area (Å²) in [5, 5.41) is 10.8. The Morgan fingerprint density at radius 1 is 1.33 bits per heavy atom. The van der Waals surface area contributed by atoms with Crippen molar-refractivity contribution in [1.29, 1.82) is 0 Å². The number of para-hydroxylation sites is 1. The highest BCUT2D eigenvalue weighted by Crippen LogP contribution is 2.43. The summed E-state index contributed by atoms with van der Waals surface area (Å²) in [5.74, 6) is -0.759. The van der Waals surface area contributed by atoms with Gasteiger partial charge in [-0.2, -0.15) is 0 Å². The SMILES string of the molecule is Cc1cccc2c1N(C)C(=O)C2(O)CC(=O)c1ccco1. The van der Waals surface area contributed by atoms with Crippen molar-refractivity contribution < 1.29 is 19.1 Å². The normalized spacial score (nSPS) is 20.7. The van der Waals surface area contributed by atoms with Crippen LogP contribution in [0.15, 0.2) is 41.0 Å². The van der Waals surface area contributed by atoms with Gasteiger partial charge in [0.2, 0.25) is 5.78 Å². The van der Waals surface area contributed by atoms with E-state index in [1.807, 2.05) is 13.0 Å². The molecule has 5 nitrogen and oxygen atoms in total. The van der Waals surface area contributed by atoms with Gasteiger partial charge < -0.3 is 14.4 Å². The number of carbonyl (C=O) groups excluding carboxylic acids is 2. The predicted molar refractivity (Wildman–Crippen MR) is 76.1 cm³/mol. The summed E-state index contributed by atoms with van der Waals surface area (Å²) in [4.78, 5) is 26.0. The lowest BCUT2D eigenvalue weighted by Crippen LogP contribution is -2.40. The Bertz CT molecular complexity index is 720. The fourth-order valence-electron chi connectivity index (χ4n) is 2.86. The van der Waals surface area contributed by atoms with Gasteiger partial charge in [0, 0.05) is 12.6 Å². The van der Waals surface area contributed by atoms with Crippen molar-refractivity contribution in [1.82, 2.24) is 0 Å². The number of furan rings is 1. The molecule has 5 heteroatoms. The fourth-order valence-corrected chi connectivity index (χ4v) is 2.86. The van der Waals surface area contributed by atoms with Crippen molar-refractivity contribution in [3.05, 3.63) is 53.5 Å². The molecule has 0 saturated carbocycles. The molecular formula is C16H15NO4. The first-order chi connectivity index (χ1) is 9.95. The maximum absolute atomic E-state index is 12.4. The van der Waals surface area contributed by atoms with E-state index in [9.17, 15) is 14.7 Å². The number of benzene rings is 1. The van der Waals surface area contributed by atoms with Crippen LogP contribution in [-0.4, -0.2) is 23.8 Å². The van der Waals surface area contributed by atoms with E-state index in [4.69, 9.17) is 4.42 Å². The molecule has 21 heavy (non-hydrogen) atoms. The van der Waals surface area contributed by atoms with Crippen LogP contribution < -0.4 is 4.90 Å². The minimum atomic E-state index is -1.83. The van der Waals surface area contributed by atoms with Gasteiger partial charge >= 0.3 is 0 Å². The maximum Gasteiger partial charge on any atom is 0.263 e. The Hall–Kier alpha value is -2.40. The average Bonchev–Trinajstić information content (AvgIpc) is 3.04. The number of anilines is 1. The lowest BCUT2D eigenvalue weighted by atomic mass is 9.88. The number of likely N-dealkylation sites (N-methyl/N-ethyl adjacent to an activating group) is 1. The van der Waals surface area contributed by atoms with Gasteiger partial charge in [0.15, 0.2) is 11.4 Å². The van der Waals surface area contributed by atoms with Crippen LogP contribution in [0.25, 0.3) is 0 Å². The third-order valence-corrected chi connectivity index (χ3v) is 3.89. The molecule has 108 valence electrons. The average molecular weight is 285 g/mol. The second-order valence-corrected chi connectivity index (χ2v) is 5.27. The number of hydrogen-bond acceptors (Lipinski definition) is 4. The zero-order valence-electron chi connectivity index (χ0n) is 11.8. The number of aryl methyl sites for hydroxylation is 1. The molecule has 0 radical (unpaired) electrons. The third-order valence-electron chi connectivity index (χ3n) is 3.89. The largest absolute Gasteiger partial charge is 0.461 e. The molecule has 1 N–H and O–H groups in total. The quantitative estimate of drug-likeness (QED) is 0.876. The van der Waals surface area contributed by atoms with E-state index in [1.54, 1.807) is 25.2 Å². The molecule has 0 saturated heterocycles. The molecule has 0 aliphatic carbocycles. The van der Waals surface area contributed by atoms with Crippen LogP contribution in [0.5, 0.6) is 0 Å². The molecule has 1 aromatic carbocycles. The summed E-state index contributed by atoms with van der Waals surface area (Å²) in [6.07, 6.45) is 1.05. The number of hydrogen-bond donors (Lipinski definition) is 1. The van der Waals surface area contributed by atoms with Crippen LogP contribution in [0.3, 0.4) is 0 Å². The first kappa shape index (κ1) is 13.6. The summed E-state index contributed by atoms with van der Waals surface area (Å²) in [6, 6.07) is 8.43. The topological polar surface area (TPSA) is 70.8 Å². The van der Waals surface area contributed by atoms with Gasteiger partial charge in [-0.1, -0.05) is 18.2 Å². The Balaban J connectivity index is 2.04. The summed E-state index contributed by atoms with van der Waals surface area (Å²) in [7, 11) is 1.60. The number of nitrogens with zero attached hydrogens (tertiary/aromatic N) is 1. The van der Waals surface area contributed by atoms with E-state index in [2.05, 4.69) is 0 Å². The molecular weight excluding hydrogens is 270 g/mol. The number of rotatable bonds is 3. The Morgan fingerprint density at radius 2 is 2.10 bits per heavy atom. The number of Topliss-reactive ketones (excluding diaryl/α,β-unsaturated/α-hetero) is 1. The van der Waals surface area contributed by atoms with E-state index in [1.165, 1.54) is 17.2 Å². The molecule has 1 amide bonds. The van der Waals surface area contributed by atoms with Crippen LogP contribution >= 0.6 is 0 Å². The van der Waals surface area contributed by atoms with Crippen LogP contribution in [0, 0.1) is 6.92 Å². The Morgan fingerprint density at radius 3 is 2.76 bits per heavy atom. The first-order valence-electron chi connectivity index (χ1n) is 6.62. The van der Waals surface area contributed by atoms with Gasteiger partial charge in [-0.3, -0.25) is 9.59 Å². The van der Waals surface area contributed by atoms with Crippen molar-refractivity contribution in [3.8, 4) is 0 Å². The van der Waals surface area contributed by atoms with Crippen LogP contribution in [0.1, 0.15) is 28.1 Å². The standard InChI is InChI=1S/C16H15NO4/c1-10-5-3-6-11-14(10)17(2)15(19)16(11,20)9-12(18)13-7-4-8-21-13/h3-8,20H,9H2,1-2H3. The number of ketones is 1. The molecule has 0 bridgehead atoms. The summed E-state index contributed by atoms with van der Waals surface area (Å²) >= 11 is 0. The summed E-state index contributed by atoms with van der Waals surface area (Å²) in [6.45, 7) is 1.86. The van der Waals surface area contributed by atoms with Crippen molar-refractivity contribution in [2.24, 2.45) is 0 Å². The molecule has 1 aliphatic rings. The first-order valence-corrected chi connectivity index (χ1v) is 6.62. The molecule has 2 aromatic rings. The van der Waals surface area contributed by atoms with E-state index in [0.717, 1.165) is 5.56 Å². The fraction of sp³-hybridized carbons (Fsp3) is 0.250. The van der Waals surface area contributed by atoms with Crippen molar-refractivity contribution in [2.75, 3.05) is 11.9 Å². The molecule has 2 heterocycles. The van der Waals surface area contributed by atoms with Crippen molar-refractivity contribution in [2.45, 2.75) is 18.9 Å². The van der Waals surface area contributed by atoms with E-state index in [-0.39, 0.29) is 12.2 Å². The zero-order chi connectivity index (χ0) is 15.2. The second-order valence-electron chi connectivity index (χ2n) is 5.27. The van der Waals surface area contributed by atoms with E-state index in [0.29, 0.717) is 11.3 Å².